The predicted octanol–water partition coefficient (Wildman–Crippen LogP) is 4.82. The average Bonchev–Trinajstić information content (AvgIpc) is 3.10. The van der Waals surface area contributed by atoms with Gasteiger partial charge < -0.3 is 4.90 Å². The van der Waals surface area contributed by atoms with Gasteiger partial charge in [0.05, 0.1) is 10.6 Å². The van der Waals surface area contributed by atoms with Crippen LogP contribution in [-0.4, -0.2) is 26.9 Å². The summed E-state index contributed by atoms with van der Waals surface area (Å²) in [6.07, 6.45) is 0.740. The molecule has 1 aliphatic rings. The van der Waals surface area contributed by atoms with Gasteiger partial charge in [-0.3, -0.25) is 9.10 Å². The molecule has 0 aliphatic carbocycles. The second-order valence-corrected chi connectivity index (χ2v) is 9.97. The highest BCUT2D eigenvalue weighted by Crippen LogP contribution is 2.33. The smallest absolute Gasteiger partial charge is 0.264 e. The minimum Gasteiger partial charge on any atom is -0.307 e. The first kappa shape index (κ1) is 21.4. The Labute approximate surface area is 187 Å². The molecule has 1 amide bonds. The summed E-state index contributed by atoms with van der Waals surface area (Å²) in [7, 11) is -3.98. The normalized spacial score (nSPS) is 15.6. The molecular weight excluding hydrogens is 432 g/mol. The van der Waals surface area contributed by atoms with Crippen molar-refractivity contribution < 1.29 is 13.2 Å². The zero-order chi connectivity index (χ0) is 22.2. The molecule has 0 aromatic heterocycles. The second kappa shape index (κ2) is 8.36. The van der Waals surface area contributed by atoms with Crippen LogP contribution in [0.3, 0.4) is 0 Å². The zero-order valence-electron chi connectivity index (χ0n) is 17.3. The molecular formula is C24H23ClN2O3S. The molecule has 31 heavy (non-hydrogen) atoms. The summed E-state index contributed by atoms with van der Waals surface area (Å²) in [5.74, 6) is -0.284. The molecule has 5 nitrogen and oxygen atoms in total. The third-order valence-corrected chi connectivity index (χ3v) is 7.72. The van der Waals surface area contributed by atoms with Crippen molar-refractivity contribution in [3.05, 3.63) is 88.9 Å². The summed E-state index contributed by atoms with van der Waals surface area (Å²) in [5, 5.41) is 0.443. The average molecular weight is 455 g/mol. The van der Waals surface area contributed by atoms with E-state index < -0.39 is 10.0 Å². The van der Waals surface area contributed by atoms with Gasteiger partial charge in [-0.1, -0.05) is 54.1 Å². The first-order valence-corrected chi connectivity index (χ1v) is 11.8. The summed E-state index contributed by atoms with van der Waals surface area (Å²) >= 11 is 6.29. The number of rotatable bonds is 5. The van der Waals surface area contributed by atoms with Crippen LogP contribution in [0.4, 0.5) is 11.4 Å². The van der Waals surface area contributed by atoms with Crippen molar-refractivity contribution in [2.24, 2.45) is 0 Å². The van der Waals surface area contributed by atoms with Crippen molar-refractivity contribution in [3.8, 4) is 0 Å². The van der Waals surface area contributed by atoms with Gasteiger partial charge in [0.2, 0.25) is 5.91 Å². The quantitative estimate of drug-likeness (QED) is 0.555. The van der Waals surface area contributed by atoms with Crippen LogP contribution in [0, 0.1) is 6.92 Å². The van der Waals surface area contributed by atoms with Gasteiger partial charge in [0.1, 0.15) is 6.54 Å². The van der Waals surface area contributed by atoms with Crippen LogP contribution in [0.25, 0.3) is 0 Å². The first-order valence-electron chi connectivity index (χ1n) is 10.0. The lowest BCUT2D eigenvalue weighted by atomic mass is 10.1. The molecule has 7 heteroatoms. The van der Waals surface area contributed by atoms with Crippen LogP contribution < -0.4 is 9.21 Å². The Morgan fingerprint density at radius 3 is 2.45 bits per heavy atom. The van der Waals surface area contributed by atoms with Crippen LogP contribution in [-0.2, 0) is 21.2 Å². The summed E-state index contributed by atoms with van der Waals surface area (Å²) < 4.78 is 28.2. The van der Waals surface area contributed by atoms with Gasteiger partial charge in [-0.25, -0.2) is 8.42 Å². The zero-order valence-corrected chi connectivity index (χ0v) is 18.9. The Morgan fingerprint density at radius 2 is 1.74 bits per heavy atom. The van der Waals surface area contributed by atoms with Crippen LogP contribution in [0.1, 0.15) is 18.1 Å². The number of fused-ring (bicyclic) bond motifs is 1. The SMILES string of the molecule is Cc1ccc(N(CC(=O)N2c3ccccc3C[C@H]2C)S(=O)(=O)c2ccccc2)cc1Cl. The summed E-state index contributed by atoms with van der Waals surface area (Å²) in [5.41, 5.74) is 3.10. The third-order valence-electron chi connectivity index (χ3n) is 5.53. The summed E-state index contributed by atoms with van der Waals surface area (Å²) in [6, 6.07) is 20.8. The number of aryl methyl sites for hydroxylation is 1. The molecule has 1 aliphatic heterocycles. The van der Waals surface area contributed by atoms with Crippen molar-refractivity contribution in [2.45, 2.75) is 31.2 Å². The van der Waals surface area contributed by atoms with E-state index in [2.05, 4.69) is 0 Å². The molecule has 0 fully saturated rings. The van der Waals surface area contributed by atoms with Crippen molar-refractivity contribution in [2.75, 3.05) is 15.7 Å². The van der Waals surface area contributed by atoms with E-state index in [9.17, 15) is 13.2 Å². The summed E-state index contributed by atoms with van der Waals surface area (Å²) in [6.45, 7) is 3.49. The highest BCUT2D eigenvalue weighted by atomic mass is 35.5. The number of carbonyl (C=O) groups excluding carboxylic acids is 1. The van der Waals surface area contributed by atoms with Crippen molar-refractivity contribution in [1.29, 1.82) is 0 Å². The Bertz CT molecular complexity index is 1230. The number of anilines is 2. The maximum atomic E-state index is 13.5. The molecule has 3 aromatic carbocycles. The number of halogens is 1. The van der Waals surface area contributed by atoms with Gasteiger partial charge in [-0.05, 0) is 61.7 Å². The number of amides is 1. The summed E-state index contributed by atoms with van der Waals surface area (Å²) in [4.78, 5) is 15.2. The number of carbonyl (C=O) groups is 1. The van der Waals surface area contributed by atoms with Gasteiger partial charge in [-0.15, -0.1) is 0 Å². The second-order valence-electron chi connectivity index (χ2n) is 7.70. The molecule has 0 bridgehead atoms. The lowest BCUT2D eigenvalue weighted by molar-refractivity contribution is -0.117. The molecule has 0 spiro atoms. The molecule has 0 radical (unpaired) electrons. The highest BCUT2D eigenvalue weighted by Gasteiger charge is 2.34. The minimum atomic E-state index is -3.98. The van der Waals surface area contributed by atoms with E-state index in [1.165, 1.54) is 12.1 Å². The topological polar surface area (TPSA) is 57.7 Å². The predicted molar refractivity (Wildman–Crippen MR) is 124 cm³/mol. The van der Waals surface area contributed by atoms with Gasteiger partial charge >= 0.3 is 0 Å². The van der Waals surface area contributed by atoms with E-state index in [1.807, 2.05) is 38.1 Å². The first-order chi connectivity index (χ1) is 14.8. The molecule has 1 atom stereocenters. The number of hydrogen-bond donors (Lipinski definition) is 0. The number of para-hydroxylation sites is 1. The Balaban J connectivity index is 1.75. The molecule has 4 rings (SSSR count). The molecule has 1 heterocycles. The fraction of sp³-hybridized carbons (Fsp3) is 0.208. The standard InChI is InChI=1S/C24H23ClN2O3S/c1-17-12-13-20(15-22(17)25)26(31(29,30)21-9-4-3-5-10-21)16-24(28)27-18(2)14-19-8-6-7-11-23(19)27/h3-13,15,18H,14,16H2,1-2H3/t18-/m1/s1. The van der Waals surface area contributed by atoms with Crippen LogP contribution in [0.5, 0.6) is 0 Å². The van der Waals surface area contributed by atoms with Crippen molar-refractivity contribution in [3.63, 3.8) is 0 Å². The Kier molecular flexibility index (Phi) is 5.77. The molecule has 0 N–H and O–H groups in total. The minimum absolute atomic E-state index is 0.0483. The van der Waals surface area contributed by atoms with Gasteiger partial charge in [-0.2, -0.15) is 0 Å². The molecule has 0 unspecified atom stereocenters. The fourth-order valence-corrected chi connectivity index (χ4v) is 5.52. The lowest BCUT2D eigenvalue weighted by Crippen LogP contribution is -2.45. The molecule has 160 valence electrons. The maximum absolute atomic E-state index is 13.5. The maximum Gasteiger partial charge on any atom is 0.264 e. The van der Waals surface area contributed by atoms with Crippen LogP contribution in [0.2, 0.25) is 5.02 Å². The molecule has 3 aromatic rings. The van der Waals surface area contributed by atoms with Gasteiger partial charge in [0.25, 0.3) is 10.0 Å². The third kappa shape index (κ3) is 4.05. The highest BCUT2D eigenvalue weighted by molar-refractivity contribution is 7.92. The van der Waals surface area contributed by atoms with E-state index in [1.54, 1.807) is 41.3 Å². The van der Waals surface area contributed by atoms with E-state index in [0.29, 0.717) is 10.7 Å². The van der Waals surface area contributed by atoms with Crippen molar-refractivity contribution in [1.82, 2.24) is 0 Å². The van der Waals surface area contributed by atoms with Crippen LogP contribution in [0.15, 0.2) is 77.7 Å². The fourth-order valence-electron chi connectivity index (χ4n) is 3.92. The monoisotopic (exact) mass is 454 g/mol. The molecule has 0 saturated carbocycles. The number of sulfonamides is 1. The Hall–Kier alpha value is -2.83. The Morgan fingerprint density at radius 1 is 1.06 bits per heavy atom. The number of benzene rings is 3. The van der Waals surface area contributed by atoms with E-state index >= 15 is 0 Å². The van der Waals surface area contributed by atoms with Crippen LogP contribution >= 0.6 is 11.6 Å². The number of nitrogens with zero attached hydrogens (tertiary/aromatic N) is 2. The van der Waals surface area contributed by atoms with Crippen molar-refractivity contribution >= 4 is 38.9 Å². The van der Waals surface area contributed by atoms with E-state index in [-0.39, 0.29) is 23.4 Å². The van der Waals surface area contributed by atoms with E-state index in [0.717, 1.165) is 27.5 Å². The lowest BCUT2D eigenvalue weighted by Gasteiger charge is -2.29. The largest absolute Gasteiger partial charge is 0.307 e. The van der Waals surface area contributed by atoms with E-state index in [4.69, 9.17) is 11.6 Å². The molecule has 0 saturated heterocycles. The number of hydrogen-bond acceptors (Lipinski definition) is 3. The van der Waals surface area contributed by atoms with Gasteiger partial charge in [0.15, 0.2) is 0 Å². The van der Waals surface area contributed by atoms with Gasteiger partial charge in [0, 0.05) is 16.8 Å².